The number of nitrogens with one attached hydrogen (secondary N) is 2. The van der Waals surface area contributed by atoms with E-state index in [2.05, 4.69) is 10.6 Å². The van der Waals surface area contributed by atoms with Crippen LogP contribution in [0.1, 0.15) is 12.0 Å². The number of aliphatic carboxylic acids is 2. The molecule has 1 aromatic carbocycles. The minimum absolute atomic E-state index is 0.394. The predicted molar refractivity (Wildman–Crippen MR) is 92.0 cm³/mol. The van der Waals surface area contributed by atoms with Gasteiger partial charge in [-0.25, -0.2) is 0 Å². The van der Waals surface area contributed by atoms with Crippen molar-refractivity contribution in [3.05, 3.63) is 35.9 Å². The maximum atomic E-state index is 11.3. The summed E-state index contributed by atoms with van der Waals surface area (Å²) in [5.41, 5.74) is 0.948. The van der Waals surface area contributed by atoms with Crippen LogP contribution in [0, 0.1) is 0 Å². The Morgan fingerprint density at radius 3 is 2.13 bits per heavy atom. The van der Waals surface area contributed by atoms with E-state index in [0.717, 1.165) is 11.3 Å². The largest absolute Gasteiger partial charge is 0.480 e. The van der Waals surface area contributed by atoms with E-state index in [9.17, 15) is 14.7 Å². The van der Waals surface area contributed by atoms with Crippen LogP contribution in [0.25, 0.3) is 0 Å². The van der Waals surface area contributed by atoms with Crippen molar-refractivity contribution in [2.45, 2.75) is 24.9 Å². The highest BCUT2D eigenvalue weighted by molar-refractivity contribution is 7.98. The third-order valence-electron chi connectivity index (χ3n) is 3.40. The molecule has 7 heteroatoms. The first-order chi connectivity index (χ1) is 11.0. The second kappa shape index (κ2) is 11.0. The molecule has 0 saturated heterocycles. The van der Waals surface area contributed by atoms with Crippen molar-refractivity contribution in [3.8, 4) is 0 Å². The summed E-state index contributed by atoms with van der Waals surface area (Å²) in [6.45, 7) is 0.802. The van der Waals surface area contributed by atoms with Crippen LogP contribution in [0.4, 0.5) is 0 Å². The zero-order chi connectivity index (χ0) is 17.1. The minimum atomic E-state index is -0.911. The highest BCUT2D eigenvalue weighted by Crippen LogP contribution is 2.03. The zero-order valence-corrected chi connectivity index (χ0v) is 14.0. The van der Waals surface area contributed by atoms with Crippen molar-refractivity contribution < 1.29 is 19.8 Å². The summed E-state index contributed by atoms with van der Waals surface area (Å²) in [5, 5.41) is 24.3. The normalized spacial score (nSPS) is 13.4. The van der Waals surface area contributed by atoms with Crippen LogP contribution in [0.5, 0.6) is 0 Å². The first-order valence-electron chi connectivity index (χ1n) is 7.49. The van der Waals surface area contributed by atoms with Gasteiger partial charge in [-0.05, 0) is 30.4 Å². The van der Waals surface area contributed by atoms with Crippen molar-refractivity contribution >= 4 is 23.7 Å². The van der Waals surface area contributed by atoms with E-state index in [1.807, 2.05) is 36.6 Å². The fraction of sp³-hybridized carbons (Fsp3) is 0.500. The molecule has 6 nitrogen and oxygen atoms in total. The van der Waals surface area contributed by atoms with Gasteiger partial charge >= 0.3 is 11.9 Å². The van der Waals surface area contributed by atoms with Crippen LogP contribution in [-0.2, 0) is 16.0 Å². The SMILES string of the molecule is CSCC[C@@H](NCCN[C@H](Cc1ccccc1)C(=O)O)C(=O)O. The van der Waals surface area contributed by atoms with Gasteiger partial charge in [0.25, 0.3) is 0 Å². The lowest BCUT2D eigenvalue weighted by Gasteiger charge is -2.17. The molecule has 0 spiro atoms. The Hall–Kier alpha value is -1.57. The van der Waals surface area contributed by atoms with Gasteiger partial charge in [-0.3, -0.25) is 9.59 Å². The summed E-state index contributed by atoms with van der Waals surface area (Å²) in [4.78, 5) is 22.4. The molecule has 1 aromatic rings. The quantitative estimate of drug-likeness (QED) is 0.422. The Bertz CT molecular complexity index is 484. The van der Waals surface area contributed by atoms with Crippen LogP contribution in [0.15, 0.2) is 30.3 Å². The standard InChI is InChI=1S/C16H24N2O4S/c1-23-10-7-13(15(19)20)17-8-9-18-14(16(21)22)11-12-5-3-2-4-6-12/h2-6,13-14,17-18H,7-11H2,1H3,(H,19,20)(H,21,22)/t13-,14-/m1/s1. The highest BCUT2D eigenvalue weighted by atomic mass is 32.2. The molecular weight excluding hydrogens is 316 g/mol. The van der Waals surface area contributed by atoms with Crippen LogP contribution < -0.4 is 10.6 Å². The third kappa shape index (κ3) is 8.01. The number of carbonyl (C=O) groups is 2. The Labute approximate surface area is 140 Å². The molecule has 23 heavy (non-hydrogen) atoms. The van der Waals surface area contributed by atoms with Gasteiger partial charge in [0, 0.05) is 13.1 Å². The monoisotopic (exact) mass is 340 g/mol. The molecule has 2 atom stereocenters. The number of hydrogen-bond acceptors (Lipinski definition) is 5. The number of rotatable bonds is 12. The predicted octanol–water partition coefficient (Wildman–Crippen LogP) is 1.07. The molecule has 0 bridgehead atoms. The lowest BCUT2D eigenvalue weighted by molar-refractivity contribution is -0.140. The van der Waals surface area contributed by atoms with Gasteiger partial charge < -0.3 is 20.8 Å². The second-order valence-corrected chi connectivity index (χ2v) is 6.15. The fourth-order valence-electron chi connectivity index (χ4n) is 2.14. The first kappa shape index (κ1) is 19.5. The average molecular weight is 340 g/mol. The van der Waals surface area contributed by atoms with Gasteiger partial charge in [-0.1, -0.05) is 30.3 Å². The zero-order valence-electron chi connectivity index (χ0n) is 13.2. The molecule has 0 radical (unpaired) electrons. The van der Waals surface area contributed by atoms with Crippen molar-refractivity contribution in [2.75, 3.05) is 25.1 Å². The molecule has 0 fully saturated rings. The smallest absolute Gasteiger partial charge is 0.321 e. The summed E-state index contributed by atoms with van der Waals surface area (Å²) < 4.78 is 0. The molecule has 1 rings (SSSR count). The molecule has 0 aliphatic heterocycles. The van der Waals surface area contributed by atoms with Crippen LogP contribution in [-0.4, -0.2) is 59.3 Å². The highest BCUT2D eigenvalue weighted by Gasteiger charge is 2.18. The maximum Gasteiger partial charge on any atom is 0.321 e. The summed E-state index contributed by atoms with van der Waals surface area (Å²) >= 11 is 1.60. The molecule has 0 heterocycles. The molecule has 0 unspecified atom stereocenters. The van der Waals surface area contributed by atoms with Crippen molar-refractivity contribution in [2.24, 2.45) is 0 Å². The number of hydrogen-bond donors (Lipinski definition) is 4. The van der Waals surface area contributed by atoms with Gasteiger partial charge in [-0.2, -0.15) is 11.8 Å². The molecule has 128 valence electrons. The lowest BCUT2D eigenvalue weighted by Crippen LogP contribution is -2.45. The number of thioether (sulfide) groups is 1. The van der Waals surface area contributed by atoms with E-state index in [1.54, 1.807) is 11.8 Å². The molecule has 4 N–H and O–H groups in total. The number of carboxylic acids is 2. The van der Waals surface area contributed by atoms with Crippen LogP contribution >= 0.6 is 11.8 Å². The van der Waals surface area contributed by atoms with Crippen molar-refractivity contribution in [1.82, 2.24) is 10.6 Å². The average Bonchev–Trinajstić information content (AvgIpc) is 2.53. The molecule has 0 amide bonds. The van der Waals surface area contributed by atoms with Gasteiger partial charge in [0.1, 0.15) is 12.1 Å². The summed E-state index contributed by atoms with van der Waals surface area (Å²) in [6.07, 6.45) is 2.87. The van der Waals surface area contributed by atoms with Crippen molar-refractivity contribution in [3.63, 3.8) is 0 Å². The maximum absolute atomic E-state index is 11.3. The van der Waals surface area contributed by atoms with Crippen molar-refractivity contribution in [1.29, 1.82) is 0 Å². The van der Waals surface area contributed by atoms with E-state index in [4.69, 9.17) is 5.11 Å². The van der Waals surface area contributed by atoms with E-state index < -0.39 is 24.0 Å². The van der Waals surface area contributed by atoms with Gasteiger partial charge in [0.05, 0.1) is 0 Å². The van der Waals surface area contributed by atoms with Crippen LogP contribution in [0.3, 0.4) is 0 Å². The van der Waals surface area contributed by atoms with E-state index in [1.165, 1.54) is 0 Å². The first-order valence-corrected chi connectivity index (χ1v) is 8.89. The Morgan fingerprint density at radius 2 is 1.61 bits per heavy atom. The van der Waals surface area contributed by atoms with E-state index in [0.29, 0.717) is 25.9 Å². The Kier molecular flexibility index (Phi) is 9.35. The molecular formula is C16H24N2O4S. The lowest BCUT2D eigenvalue weighted by atomic mass is 10.1. The fourth-order valence-corrected chi connectivity index (χ4v) is 2.61. The Morgan fingerprint density at radius 1 is 1.04 bits per heavy atom. The van der Waals surface area contributed by atoms with Crippen LogP contribution in [0.2, 0.25) is 0 Å². The summed E-state index contributed by atoms with van der Waals surface area (Å²) in [6, 6.07) is 8.13. The number of carboxylic acid groups (broad SMARTS) is 2. The third-order valence-corrected chi connectivity index (χ3v) is 4.04. The minimum Gasteiger partial charge on any atom is -0.480 e. The molecule has 0 aliphatic rings. The van der Waals surface area contributed by atoms with Gasteiger partial charge in [-0.15, -0.1) is 0 Å². The summed E-state index contributed by atoms with van der Waals surface area (Å²) in [5.74, 6) is -1.02. The number of benzene rings is 1. The molecule has 0 aromatic heterocycles. The molecule has 0 aliphatic carbocycles. The topological polar surface area (TPSA) is 98.7 Å². The van der Waals surface area contributed by atoms with E-state index in [-0.39, 0.29) is 0 Å². The summed E-state index contributed by atoms with van der Waals surface area (Å²) in [7, 11) is 0. The second-order valence-electron chi connectivity index (χ2n) is 5.16. The van der Waals surface area contributed by atoms with E-state index >= 15 is 0 Å². The van der Waals surface area contributed by atoms with Gasteiger partial charge in [0.15, 0.2) is 0 Å². The van der Waals surface area contributed by atoms with Gasteiger partial charge in [0.2, 0.25) is 0 Å². The molecule has 0 saturated carbocycles. The Balaban J connectivity index is 2.38.